The molecule has 0 aliphatic carbocycles. The van der Waals surface area contributed by atoms with Gasteiger partial charge in [0.05, 0.1) is 16.7 Å². The number of nitro groups is 1. The van der Waals surface area contributed by atoms with Crippen molar-refractivity contribution < 1.29 is 9.66 Å². The van der Waals surface area contributed by atoms with Gasteiger partial charge in [-0.3, -0.25) is 10.1 Å². The average Bonchev–Trinajstić information content (AvgIpc) is 3.42. The summed E-state index contributed by atoms with van der Waals surface area (Å²) in [6.45, 7) is 4.75. The van der Waals surface area contributed by atoms with E-state index in [2.05, 4.69) is 73.8 Å². The van der Waals surface area contributed by atoms with Crippen molar-refractivity contribution in [2.75, 3.05) is 0 Å². The molecule has 0 fully saturated rings. The van der Waals surface area contributed by atoms with Gasteiger partial charge in [-0.2, -0.15) is 0 Å². The second-order valence-electron chi connectivity index (χ2n) is 10.9. The van der Waals surface area contributed by atoms with E-state index in [9.17, 15) is 10.1 Å². The number of hydrogen-bond donors (Lipinski definition) is 1. The molecule has 2 aliphatic rings. The summed E-state index contributed by atoms with van der Waals surface area (Å²) < 4.78 is 6.70. The minimum absolute atomic E-state index is 0.0724. The molecule has 0 bridgehead atoms. The first-order valence-corrected chi connectivity index (χ1v) is 14.2. The first-order valence-electron chi connectivity index (χ1n) is 14.2. The molecule has 42 heavy (non-hydrogen) atoms. The van der Waals surface area contributed by atoms with Gasteiger partial charge < -0.3 is 10.1 Å². The number of aliphatic imine (C=N–C) groups is 2. The van der Waals surface area contributed by atoms with E-state index in [1.807, 2.05) is 42.5 Å². The van der Waals surface area contributed by atoms with Crippen LogP contribution in [-0.4, -0.2) is 22.8 Å². The van der Waals surface area contributed by atoms with Crippen LogP contribution in [0.1, 0.15) is 42.0 Å². The highest BCUT2D eigenvalue weighted by Crippen LogP contribution is 2.50. The molecule has 1 N–H and O–H groups in total. The summed E-state index contributed by atoms with van der Waals surface area (Å²) in [5.74, 6) is 1.12. The Balaban J connectivity index is 1.44. The molecule has 2 aliphatic heterocycles. The number of fused-ring (bicyclic) bond motifs is 1. The zero-order chi connectivity index (χ0) is 29.1. The van der Waals surface area contributed by atoms with Gasteiger partial charge in [-0.15, -0.1) is 0 Å². The maximum atomic E-state index is 11.1. The van der Waals surface area contributed by atoms with E-state index >= 15 is 0 Å². The maximum absolute atomic E-state index is 11.1. The number of rotatable bonds is 9. The highest BCUT2D eigenvalue weighted by atomic mass is 16.6. The van der Waals surface area contributed by atoms with Crippen molar-refractivity contribution in [1.82, 2.24) is 5.32 Å². The fourth-order valence-electron chi connectivity index (χ4n) is 5.69. The average molecular weight is 557 g/mol. The van der Waals surface area contributed by atoms with Crippen LogP contribution in [0.3, 0.4) is 0 Å². The molecule has 0 spiro atoms. The number of ether oxygens (including phenoxy) is 1. The number of nitro benzene ring substituents is 1. The minimum Gasteiger partial charge on any atom is -0.424 e. The highest BCUT2D eigenvalue weighted by molar-refractivity contribution is 6.09. The summed E-state index contributed by atoms with van der Waals surface area (Å²) in [6, 6.07) is 37.2. The number of nitrogens with one attached hydrogen (secondary N) is 1. The van der Waals surface area contributed by atoms with E-state index in [-0.39, 0.29) is 28.5 Å². The lowest BCUT2D eigenvalue weighted by atomic mass is 9.72. The Morgan fingerprint density at radius 2 is 1.50 bits per heavy atom. The third-order valence-corrected chi connectivity index (χ3v) is 7.86. The van der Waals surface area contributed by atoms with Crippen LogP contribution in [0, 0.1) is 16.0 Å². The Kier molecular flexibility index (Phi) is 7.50. The number of nitrogens with zero attached hydrogens (tertiary/aromatic N) is 3. The molecule has 0 saturated carbocycles. The van der Waals surface area contributed by atoms with Crippen molar-refractivity contribution in [1.29, 1.82) is 0 Å². The van der Waals surface area contributed by atoms with Crippen LogP contribution < -0.4 is 5.32 Å². The van der Waals surface area contributed by atoms with E-state index in [0.29, 0.717) is 18.3 Å². The van der Waals surface area contributed by atoms with Crippen molar-refractivity contribution in [3.63, 3.8) is 0 Å². The summed E-state index contributed by atoms with van der Waals surface area (Å²) in [5, 5.41) is 14.7. The lowest BCUT2D eigenvalue weighted by molar-refractivity contribution is -0.384. The highest BCUT2D eigenvalue weighted by Gasteiger charge is 2.54. The molecule has 0 aromatic heterocycles. The Hall–Kier alpha value is -4.88. The molecule has 210 valence electrons. The molecular weight excluding hydrogens is 524 g/mol. The third-order valence-electron chi connectivity index (χ3n) is 7.86. The smallest absolute Gasteiger partial charge is 0.269 e. The van der Waals surface area contributed by atoms with E-state index in [1.54, 1.807) is 12.1 Å². The standard InChI is InChI=1S/C35H32N4O3/c1-24(2)32(36-23-25-18-20-29(21-19-25)39(40)41)33-38-35(28-16-10-5-11-17-28)30(26-12-6-3-7-13-26)22-31(37-34(35)42-33)27-14-8-4-9-15-27/h3-22,24,30,32,36H,23H2,1-2H3/t30-,32?,35+/m0/s1. The number of hydrogen-bond acceptors (Lipinski definition) is 6. The lowest BCUT2D eigenvalue weighted by Crippen LogP contribution is -2.41. The summed E-state index contributed by atoms with van der Waals surface area (Å²) in [6.07, 6.45) is 2.21. The molecule has 6 rings (SSSR count). The second-order valence-corrected chi connectivity index (χ2v) is 10.9. The van der Waals surface area contributed by atoms with Crippen LogP contribution in [0.5, 0.6) is 0 Å². The molecule has 2 heterocycles. The topological polar surface area (TPSA) is 89.1 Å². The van der Waals surface area contributed by atoms with Crippen LogP contribution in [-0.2, 0) is 16.8 Å². The summed E-state index contributed by atoms with van der Waals surface area (Å²) >= 11 is 0. The third kappa shape index (κ3) is 5.15. The van der Waals surface area contributed by atoms with Crippen LogP contribution in [0.15, 0.2) is 131 Å². The van der Waals surface area contributed by atoms with Crippen molar-refractivity contribution in [3.8, 4) is 0 Å². The first-order chi connectivity index (χ1) is 20.5. The predicted octanol–water partition coefficient (Wildman–Crippen LogP) is 7.27. The molecule has 4 aromatic rings. The molecule has 1 unspecified atom stereocenters. The van der Waals surface area contributed by atoms with Crippen molar-refractivity contribution >= 4 is 23.2 Å². The normalized spacial score (nSPS) is 20.2. The first kappa shape index (κ1) is 27.3. The van der Waals surface area contributed by atoms with Crippen LogP contribution in [0.2, 0.25) is 0 Å². The molecule has 7 heteroatoms. The van der Waals surface area contributed by atoms with Gasteiger partial charge in [-0.25, -0.2) is 9.98 Å². The van der Waals surface area contributed by atoms with Gasteiger partial charge >= 0.3 is 0 Å². The van der Waals surface area contributed by atoms with Crippen LogP contribution in [0.25, 0.3) is 5.70 Å². The van der Waals surface area contributed by atoms with E-state index < -0.39 is 5.54 Å². The fourth-order valence-corrected chi connectivity index (χ4v) is 5.69. The van der Waals surface area contributed by atoms with Gasteiger partial charge in [-0.05, 0) is 34.2 Å². The molecule has 0 amide bonds. The Bertz CT molecular complexity index is 1650. The Morgan fingerprint density at radius 1 is 0.881 bits per heavy atom. The zero-order valence-corrected chi connectivity index (χ0v) is 23.6. The summed E-state index contributed by atoms with van der Waals surface area (Å²) in [4.78, 5) is 21.3. The molecule has 7 nitrogen and oxygen atoms in total. The maximum Gasteiger partial charge on any atom is 0.269 e. The Labute approximate surface area is 245 Å². The zero-order valence-electron chi connectivity index (χ0n) is 23.6. The largest absolute Gasteiger partial charge is 0.424 e. The molecular formula is C35H32N4O3. The quantitative estimate of drug-likeness (QED) is 0.173. The van der Waals surface area contributed by atoms with Gasteiger partial charge in [0.2, 0.25) is 11.8 Å². The van der Waals surface area contributed by atoms with E-state index in [4.69, 9.17) is 14.7 Å². The lowest BCUT2D eigenvalue weighted by Gasteiger charge is -2.35. The van der Waals surface area contributed by atoms with Crippen LogP contribution in [0.4, 0.5) is 5.69 Å². The Morgan fingerprint density at radius 3 is 2.12 bits per heavy atom. The monoisotopic (exact) mass is 556 g/mol. The van der Waals surface area contributed by atoms with Crippen molar-refractivity contribution in [2.24, 2.45) is 15.9 Å². The summed E-state index contributed by atoms with van der Waals surface area (Å²) in [7, 11) is 0. The van der Waals surface area contributed by atoms with Gasteiger partial charge in [0, 0.05) is 24.6 Å². The van der Waals surface area contributed by atoms with E-state index in [1.165, 1.54) is 12.1 Å². The summed E-state index contributed by atoms with van der Waals surface area (Å²) in [5.41, 5.74) is 4.13. The molecule has 0 saturated heterocycles. The van der Waals surface area contributed by atoms with Crippen molar-refractivity contribution in [2.45, 2.75) is 37.9 Å². The van der Waals surface area contributed by atoms with Gasteiger partial charge in [0.15, 0.2) is 5.54 Å². The SMILES string of the molecule is CC(C)C(NCc1ccc([N+](=O)[O-])cc1)C1=N[C@@]2(c3ccccc3)C(=NC(c3ccccc3)=C[C@H]2c2ccccc2)O1. The van der Waals surface area contributed by atoms with Gasteiger partial charge in [-0.1, -0.05) is 117 Å². The van der Waals surface area contributed by atoms with Gasteiger partial charge in [0.25, 0.3) is 5.69 Å². The van der Waals surface area contributed by atoms with Gasteiger partial charge in [0.1, 0.15) is 0 Å². The van der Waals surface area contributed by atoms with E-state index in [0.717, 1.165) is 28.0 Å². The number of benzene rings is 4. The molecule has 0 radical (unpaired) electrons. The van der Waals surface area contributed by atoms with Crippen molar-refractivity contribution in [3.05, 3.63) is 154 Å². The van der Waals surface area contributed by atoms with Crippen LogP contribution >= 0.6 is 0 Å². The minimum atomic E-state index is -0.877. The second kappa shape index (κ2) is 11.5. The predicted molar refractivity (Wildman–Crippen MR) is 166 cm³/mol. The molecule has 3 atom stereocenters. The number of non-ortho nitro benzene ring substituents is 1. The molecule has 4 aromatic carbocycles. The fraction of sp³-hybridized carbons (Fsp3) is 0.200.